The molecule has 1 atom stereocenters. The number of benzene rings is 2. The lowest BCUT2D eigenvalue weighted by atomic mass is 10.1. The van der Waals surface area contributed by atoms with Gasteiger partial charge in [0.05, 0.1) is 0 Å². The van der Waals surface area contributed by atoms with Gasteiger partial charge in [-0.25, -0.2) is 0 Å². The molecule has 5 heteroatoms. The van der Waals surface area contributed by atoms with Gasteiger partial charge in [0.25, 0.3) is 5.91 Å². The summed E-state index contributed by atoms with van der Waals surface area (Å²) in [5.74, 6) is 0.0995. The van der Waals surface area contributed by atoms with Crippen LogP contribution in [0.2, 0.25) is 5.02 Å². The minimum atomic E-state index is -0.508. The Morgan fingerprint density at radius 2 is 2.00 bits per heavy atom. The van der Waals surface area contributed by atoms with Crippen LogP contribution in [0.5, 0.6) is 5.75 Å². The van der Waals surface area contributed by atoms with Gasteiger partial charge in [-0.05, 0) is 30.7 Å². The maximum absolute atomic E-state index is 10.9. The van der Waals surface area contributed by atoms with E-state index in [2.05, 4.69) is 24.4 Å². The molecule has 0 bridgehead atoms. The van der Waals surface area contributed by atoms with Crippen LogP contribution in [-0.4, -0.2) is 12.5 Å². The fourth-order valence-corrected chi connectivity index (χ4v) is 2.29. The molecule has 0 saturated carbocycles. The van der Waals surface area contributed by atoms with Crippen LogP contribution in [0, 0.1) is 0 Å². The molecule has 2 aromatic rings. The van der Waals surface area contributed by atoms with Crippen LogP contribution in [0.3, 0.4) is 0 Å². The van der Waals surface area contributed by atoms with Gasteiger partial charge in [-0.15, -0.1) is 0 Å². The normalized spacial score (nSPS) is 11.9. The van der Waals surface area contributed by atoms with E-state index in [4.69, 9.17) is 22.1 Å². The summed E-state index contributed by atoms with van der Waals surface area (Å²) in [5, 5.41) is 4.04. The monoisotopic (exact) mass is 318 g/mol. The average molecular weight is 319 g/mol. The average Bonchev–Trinajstić information content (AvgIpc) is 2.52. The highest BCUT2D eigenvalue weighted by Crippen LogP contribution is 2.24. The van der Waals surface area contributed by atoms with E-state index in [1.54, 1.807) is 12.1 Å². The van der Waals surface area contributed by atoms with Gasteiger partial charge in [0, 0.05) is 23.2 Å². The first kappa shape index (κ1) is 16.3. The molecule has 1 amide bonds. The number of nitrogens with two attached hydrogens (primary N) is 1. The molecule has 0 aliphatic rings. The largest absolute Gasteiger partial charge is 0.483 e. The van der Waals surface area contributed by atoms with Crippen molar-refractivity contribution >= 4 is 17.5 Å². The second kappa shape index (κ2) is 7.82. The Bertz CT molecular complexity index is 632. The van der Waals surface area contributed by atoms with E-state index in [9.17, 15) is 4.79 Å². The smallest absolute Gasteiger partial charge is 0.255 e. The van der Waals surface area contributed by atoms with E-state index in [0.29, 0.717) is 17.3 Å². The van der Waals surface area contributed by atoms with Gasteiger partial charge >= 0.3 is 0 Å². The number of primary amides is 1. The zero-order chi connectivity index (χ0) is 15.9. The first-order valence-corrected chi connectivity index (χ1v) is 7.42. The highest BCUT2D eigenvalue weighted by molar-refractivity contribution is 6.30. The Morgan fingerprint density at radius 1 is 1.27 bits per heavy atom. The molecule has 0 aromatic heterocycles. The van der Waals surface area contributed by atoms with Crippen molar-refractivity contribution in [2.24, 2.45) is 5.73 Å². The van der Waals surface area contributed by atoms with Crippen molar-refractivity contribution in [3.8, 4) is 5.75 Å². The van der Waals surface area contributed by atoms with Crippen LogP contribution < -0.4 is 15.8 Å². The number of nitrogens with one attached hydrogen (secondary N) is 1. The summed E-state index contributed by atoms with van der Waals surface area (Å²) in [4.78, 5) is 10.9. The molecule has 0 radical (unpaired) electrons. The SMILES string of the molecule is CC(NCc1cc(Cl)ccc1OCC(N)=O)c1ccccc1. The minimum Gasteiger partial charge on any atom is -0.483 e. The molecule has 1 unspecified atom stereocenters. The number of carbonyl (C=O) groups excluding carboxylic acids is 1. The lowest BCUT2D eigenvalue weighted by Gasteiger charge is -2.16. The predicted molar refractivity (Wildman–Crippen MR) is 87.8 cm³/mol. The number of carbonyl (C=O) groups is 1. The van der Waals surface area contributed by atoms with E-state index in [1.165, 1.54) is 5.56 Å². The van der Waals surface area contributed by atoms with Gasteiger partial charge in [0.2, 0.25) is 0 Å². The molecule has 0 spiro atoms. The third kappa shape index (κ3) is 4.76. The summed E-state index contributed by atoms with van der Waals surface area (Å²) in [6.07, 6.45) is 0. The van der Waals surface area contributed by atoms with E-state index < -0.39 is 5.91 Å². The first-order valence-electron chi connectivity index (χ1n) is 7.04. The lowest BCUT2D eigenvalue weighted by Crippen LogP contribution is -2.22. The van der Waals surface area contributed by atoms with Crippen LogP contribution in [0.15, 0.2) is 48.5 Å². The molecular formula is C17H19ClN2O2. The van der Waals surface area contributed by atoms with E-state index in [1.807, 2.05) is 24.3 Å². The molecule has 22 heavy (non-hydrogen) atoms. The maximum Gasteiger partial charge on any atom is 0.255 e. The van der Waals surface area contributed by atoms with Crippen LogP contribution in [0.25, 0.3) is 0 Å². The third-order valence-electron chi connectivity index (χ3n) is 3.29. The number of amides is 1. The predicted octanol–water partition coefficient (Wildman–Crippen LogP) is 3.05. The van der Waals surface area contributed by atoms with Gasteiger partial charge in [0.15, 0.2) is 6.61 Å². The number of ether oxygens (including phenoxy) is 1. The van der Waals surface area contributed by atoms with Gasteiger partial charge < -0.3 is 15.8 Å². The summed E-state index contributed by atoms with van der Waals surface area (Å²) in [7, 11) is 0. The molecule has 3 N–H and O–H groups in total. The van der Waals surface area contributed by atoms with Gasteiger partial charge in [-0.2, -0.15) is 0 Å². The van der Waals surface area contributed by atoms with Crippen molar-refractivity contribution in [3.05, 3.63) is 64.7 Å². The van der Waals surface area contributed by atoms with Crippen LogP contribution >= 0.6 is 11.6 Å². The summed E-state index contributed by atoms with van der Waals surface area (Å²) in [5.41, 5.74) is 7.20. The summed E-state index contributed by atoms with van der Waals surface area (Å²) in [6.45, 7) is 2.51. The van der Waals surface area contributed by atoms with E-state index in [-0.39, 0.29) is 12.6 Å². The fraction of sp³-hybridized carbons (Fsp3) is 0.235. The Balaban J connectivity index is 2.04. The second-order valence-corrected chi connectivity index (χ2v) is 5.46. The molecule has 116 valence electrons. The molecule has 0 saturated heterocycles. The number of halogens is 1. The van der Waals surface area contributed by atoms with Crippen LogP contribution in [-0.2, 0) is 11.3 Å². The molecule has 0 aliphatic heterocycles. The molecular weight excluding hydrogens is 300 g/mol. The molecule has 4 nitrogen and oxygen atoms in total. The highest BCUT2D eigenvalue weighted by Gasteiger charge is 2.09. The summed E-state index contributed by atoms with van der Waals surface area (Å²) in [6, 6.07) is 15.6. The first-order chi connectivity index (χ1) is 10.6. The molecule has 2 aromatic carbocycles. The summed E-state index contributed by atoms with van der Waals surface area (Å²) >= 11 is 6.04. The molecule has 0 aliphatic carbocycles. The van der Waals surface area contributed by atoms with Gasteiger partial charge in [-0.1, -0.05) is 41.9 Å². The van der Waals surface area contributed by atoms with Crippen LogP contribution in [0.4, 0.5) is 0 Å². The van der Waals surface area contributed by atoms with Crippen molar-refractivity contribution in [1.82, 2.24) is 5.32 Å². The number of rotatable bonds is 7. The summed E-state index contributed by atoms with van der Waals surface area (Å²) < 4.78 is 5.42. The Labute approximate surface area is 135 Å². The lowest BCUT2D eigenvalue weighted by molar-refractivity contribution is -0.119. The fourth-order valence-electron chi connectivity index (χ4n) is 2.10. The Kier molecular flexibility index (Phi) is 5.81. The highest BCUT2D eigenvalue weighted by atomic mass is 35.5. The zero-order valence-electron chi connectivity index (χ0n) is 12.4. The van der Waals surface area contributed by atoms with Crippen molar-refractivity contribution in [2.75, 3.05) is 6.61 Å². The molecule has 2 rings (SSSR count). The van der Waals surface area contributed by atoms with Crippen molar-refractivity contribution in [3.63, 3.8) is 0 Å². The number of hydrogen-bond donors (Lipinski definition) is 2. The quantitative estimate of drug-likeness (QED) is 0.824. The van der Waals surface area contributed by atoms with E-state index in [0.717, 1.165) is 5.56 Å². The van der Waals surface area contributed by atoms with Gasteiger partial charge in [-0.3, -0.25) is 4.79 Å². The standard InChI is InChI=1S/C17H19ClN2O2/c1-12(13-5-3-2-4-6-13)20-10-14-9-15(18)7-8-16(14)22-11-17(19)21/h2-9,12,20H,10-11H2,1H3,(H2,19,21). The third-order valence-corrected chi connectivity index (χ3v) is 3.53. The Morgan fingerprint density at radius 3 is 2.68 bits per heavy atom. The van der Waals surface area contributed by atoms with Crippen molar-refractivity contribution < 1.29 is 9.53 Å². The Hall–Kier alpha value is -2.04. The zero-order valence-corrected chi connectivity index (χ0v) is 13.1. The molecule has 0 heterocycles. The van der Waals surface area contributed by atoms with E-state index >= 15 is 0 Å². The van der Waals surface area contributed by atoms with Crippen molar-refractivity contribution in [2.45, 2.75) is 19.5 Å². The molecule has 0 fully saturated rings. The minimum absolute atomic E-state index is 0.150. The number of hydrogen-bond acceptors (Lipinski definition) is 3. The van der Waals surface area contributed by atoms with Gasteiger partial charge in [0.1, 0.15) is 5.75 Å². The topological polar surface area (TPSA) is 64.3 Å². The second-order valence-electron chi connectivity index (χ2n) is 5.02. The van der Waals surface area contributed by atoms with Crippen molar-refractivity contribution in [1.29, 1.82) is 0 Å². The van der Waals surface area contributed by atoms with Crippen LogP contribution in [0.1, 0.15) is 24.1 Å². The maximum atomic E-state index is 10.9.